The number of sulfonamides is 1. The van der Waals surface area contributed by atoms with Crippen LogP contribution in [0.5, 0.6) is 0 Å². The molecule has 0 fully saturated rings. The normalized spacial score (nSPS) is 11.2. The van der Waals surface area contributed by atoms with Crippen molar-refractivity contribution in [3.05, 3.63) is 70.6 Å². The molecule has 4 nitrogen and oxygen atoms in total. The highest BCUT2D eigenvalue weighted by Crippen LogP contribution is 2.27. The van der Waals surface area contributed by atoms with E-state index in [1.165, 1.54) is 11.3 Å². The second-order valence-electron chi connectivity index (χ2n) is 5.15. The molecule has 24 heavy (non-hydrogen) atoms. The standard InChI is InChI=1S/C17H15ClN2O2S2/c1-12-15(18)4-2-5-16(12)19-13-7-9-14(10-8-13)20-24(21,22)17-6-3-11-23-17/h2-11,19-20H,1H3. The second kappa shape index (κ2) is 6.84. The summed E-state index contributed by atoms with van der Waals surface area (Å²) in [5.41, 5.74) is 3.23. The summed E-state index contributed by atoms with van der Waals surface area (Å²) >= 11 is 7.29. The topological polar surface area (TPSA) is 58.2 Å². The van der Waals surface area contributed by atoms with Gasteiger partial charge in [-0.3, -0.25) is 4.72 Å². The highest BCUT2D eigenvalue weighted by atomic mass is 35.5. The van der Waals surface area contributed by atoms with Gasteiger partial charge in [0.25, 0.3) is 10.0 Å². The van der Waals surface area contributed by atoms with Crippen molar-refractivity contribution < 1.29 is 8.42 Å². The van der Waals surface area contributed by atoms with Gasteiger partial charge < -0.3 is 5.32 Å². The van der Waals surface area contributed by atoms with Crippen LogP contribution in [0.4, 0.5) is 17.1 Å². The maximum absolute atomic E-state index is 12.2. The van der Waals surface area contributed by atoms with Crippen molar-refractivity contribution in [2.24, 2.45) is 0 Å². The Bertz CT molecular complexity index is 937. The van der Waals surface area contributed by atoms with Crippen molar-refractivity contribution in [1.29, 1.82) is 0 Å². The van der Waals surface area contributed by atoms with E-state index in [4.69, 9.17) is 11.6 Å². The van der Waals surface area contributed by atoms with Gasteiger partial charge in [-0.1, -0.05) is 23.7 Å². The Morgan fingerprint density at radius 3 is 2.33 bits per heavy atom. The minimum Gasteiger partial charge on any atom is -0.355 e. The Labute approximate surface area is 150 Å². The van der Waals surface area contributed by atoms with Gasteiger partial charge in [-0.15, -0.1) is 11.3 Å². The molecule has 0 saturated heterocycles. The molecule has 3 rings (SSSR count). The minimum atomic E-state index is -3.52. The maximum atomic E-state index is 12.2. The van der Waals surface area contributed by atoms with E-state index >= 15 is 0 Å². The SMILES string of the molecule is Cc1c(Cl)cccc1Nc1ccc(NS(=O)(=O)c2cccs2)cc1. The van der Waals surface area contributed by atoms with E-state index in [1.807, 2.05) is 37.3 Å². The zero-order chi connectivity index (χ0) is 17.2. The van der Waals surface area contributed by atoms with Crippen molar-refractivity contribution in [3.8, 4) is 0 Å². The maximum Gasteiger partial charge on any atom is 0.271 e. The van der Waals surface area contributed by atoms with Crippen molar-refractivity contribution in [3.63, 3.8) is 0 Å². The molecule has 2 N–H and O–H groups in total. The van der Waals surface area contributed by atoms with Crippen LogP contribution in [-0.4, -0.2) is 8.42 Å². The molecule has 0 atom stereocenters. The zero-order valence-electron chi connectivity index (χ0n) is 12.8. The molecular formula is C17H15ClN2O2S2. The summed E-state index contributed by atoms with van der Waals surface area (Å²) < 4.78 is 27.2. The average molecular weight is 379 g/mol. The third kappa shape index (κ3) is 3.72. The smallest absolute Gasteiger partial charge is 0.271 e. The van der Waals surface area contributed by atoms with Crippen molar-refractivity contribution >= 4 is 50.0 Å². The van der Waals surface area contributed by atoms with Gasteiger partial charge in [0.05, 0.1) is 0 Å². The number of anilines is 3. The molecule has 0 radical (unpaired) electrons. The van der Waals surface area contributed by atoms with E-state index in [0.717, 1.165) is 16.9 Å². The number of rotatable bonds is 5. The number of nitrogens with one attached hydrogen (secondary N) is 2. The first-order chi connectivity index (χ1) is 11.5. The van der Waals surface area contributed by atoms with Crippen LogP contribution in [0, 0.1) is 6.92 Å². The summed E-state index contributed by atoms with van der Waals surface area (Å²) in [5.74, 6) is 0. The van der Waals surface area contributed by atoms with Crippen LogP contribution in [0.25, 0.3) is 0 Å². The van der Waals surface area contributed by atoms with E-state index in [1.54, 1.807) is 29.6 Å². The average Bonchev–Trinajstić information content (AvgIpc) is 3.09. The van der Waals surface area contributed by atoms with Gasteiger partial charge in [-0.25, -0.2) is 8.42 Å². The molecule has 0 unspecified atom stereocenters. The largest absolute Gasteiger partial charge is 0.355 e. The van der Waals surface area contributed by atoms with Gasteiger partial charge in [-0.2, -0.15) is 0 Å². The van der Waals surface area contributed by atoms with Crippen molar-refractivity contribution in [2.45, 2.75) is 11.1 Å². The lowest BCUT2D eigenvalue weighted by Crippen LogP contribution is -2.11. The van der Waals surface area contributed by atoms with Gasteiger partial charge in [-0.05, 0) is 60.3 Å². The number of hydrogen-bond donors (Lipinski definition) is 2. The molecular weight excluding hydrogens is 364 g/mol. The molecule has 0 bridgehead atoms. The molecule has 7 heteroatoms. The first-order valence-electron chi connectivity index (χ1n) is 7.14. The van der Waals surface area contributed by atoms with E-state index in [-0.39, 0.29) is 0 Å². The molecule has 0 aliphatic heterocycles. The number of benzene rings is 2. The van der Waals surface area contributed by atoms with Gasteiger partial charge in [0.1, 0.15) is 4.21 Å². The molecule has 0 aliphatic rings. The highest BCUT2D eigenvalue weighted by Gasteiger charge is 2.14. The Morgan fingerprint density at radius 1 is 0.958 bits per heavy atom. The van der Waals surface area contributed by atoms with Crippen LogP contribution < -0.4 is 10.0 Å². The Hall–Kier alpha value is -2.02. The lowest BCUT2D eigenvalue weighted by molar-refractivity contribution is 0.603. The highest BCUT2D eigenvalue weighted by molar-refractivity contribution is 7.94. The lowest BCUT2D eigenvalue weighted by Gasteiger charge is -2.12. The van der Waals surface area contributed by atoms with Gasteiger partial charge in [0.15, 0.2) is 0 Å². The van der Waals surface area contributed by atoms with Crippen LogP contribution in [0.2, 0.25) is 5.02 Å². The van der Waals surface area contributed by atoms with Gasteiger partial charge >= 0.3 is 0 Å². The van der Waals surface area contributed by atoms with E-state index < -0.39 is 10.0 Å². The molecule has 0 amide bonds. The fourth-order valence-corrected chi connectivity index (χ4v) is 4.37. The lowest BCUT2D eigenvalue weighted by atomic mass is 10.2. The number of hydrogen-bond acceptors (Lipinski definition) is 4. The van der Waals surface area contributed by atoms with Gasteiger partial charge in [0, 0.05) is 22.1 Å². The summed E-state index contributed by atoms with van der Waals surface area (Å²) in [5, 5.41) is 5.70. The van der Waals surface area contributed by atoms with E-state index in [2.05, 4.69) is 10.0 Å². The first kappa shape index (κ1) is 16.8. The third-order valence-corrected chi connectivity index (χ3v) is 6.63. The summed E-state index contributed by atoms with van der Waals surface area (Å²) in [6.07, 6.45) is 0. The minimum absolute atomic E-state index is 0.291. The fraction of sp³-hybridized carbons (Fsp3) is 0.0588. The van der Waals surface area contributed by atoms with Crippen LogP contribution in [0.1, 0.15) is 5.56 Å². The Kier molecular flexibility index (Phi) is 4.80. The van der Waals surface area contributed by atoms with Crippen molar-refractivity contribution in [1.82, 2.24) is 0 Å². The summed E-state index contributed by atoms with van der Waals surface area (Å²) in [7, 11) is -3.52. The Balaban J connectivity index is 1.75. The summed E-state index contributed by atoms with van der Waals surface area (Å²) in [6, 6.07) is 16.0. The number of thiophene rings is 1. The molecule has 2 aromatic carbocycles. The second-order valence-corrected chi connectivity index (χ2v) is 8.42. The van der Waals surface area contributed by atoms with Gasteiger partial charge in [0.2, 0.25) is 0 Å². The van der Waals surface area contributed by atoms with E-state index in [9.17, 15) is 8.42 Å². The predicted octanol–water partition coefficient (Wildman–Crippen LogP) is 5.25. The van der Waals surface area contributed by atoms with Crippen LogP contribution >= 0.6 is 22.9 Å². The summed E-state index contributed by atoms with van der Waals surface area (Å²) in [4.78, 5) is 0. The molecule has 0 aliphatic carbocycles. The molecule has 0 saturated carbocycles. The quantitative estimate of drug-likeness (QED) is 0.637. The molecule has 1 heterocycles. The molecule has 124 valence electrons. The number of halogens is 1. The molecule has 0 spiro atoms. The molecule has 3 aromatic rings. The molecule has 1 aromatic heterocycles. The van der Waals surface area contributed by atoms with Crippen LogP contribution in [0.15, 0.2) is 64.2 Å². The van der Waals surface area contributed by atoms with Crippen LogP contribution in [-0.2, 0) is 10.0 Å². The third-order valence-electron chi connectivity index (χ3n) is 3.44. The van der Waals surface area contributed by atoms with E-state index in [0.29, 0.717) is 14.9 Å². The summed E-state index contributed by atoms with van der Waals surface area (Å²) in [6.45, 7) is 1.94. The zero-order valence-corrected chi connectivity index (χ0v) is 15.2. The van der Waals surface area contributed by atoms with Crippen molar-refractivity contribution in [2.75, 3.05) is 10.0 Å². The fourth-order valence-electron chi connectivity index (χ4n) is 2.14. The first-order valence-corrected chi connectivity index (χ1v) is 9.88. The Morgan fingerprint density at radius 2 is 1.67 bits per heavy atom. The monoisotopic (exact) mass is 378 g/mol. The van der Waals surface area contributed by atoms with Crippen LogP contribution in [0.3, 0.4) is 0 Å². The predicted molar refractivity (Wildman–Crippen MR) is 101 cm³/mol.